The normalized spacial score (nSPS) is 21.5. The third-order valence-electron chi connectivity index (χ3n) is 7.34. The Morgan fingerprint density at radius 1 is 0.882 bits per heavy atom. The predicted octanol–water partition coefficient (Wildman–Crippen LogP) is 4.73. The highest BCUT2D eigenvalue weighted by Gasteiger charge is 2.60. The van der Waals surface area contributed by atoms with Gasteiger partial charge < -0.3 is 19.2 Å². The first kappa shape index (κ1) is 23.2. The molecule has 1 aliphatic carbocycles. The van der Waals surface area contributed by atoms with Crippen LogP contribution in [0.5, 0.6) is 0 Å². The zero-order valence-electron chi connectivity index (χ0n) is 20.7. The van der Waals surface area contributed by atoms with Crippen molar-refractivity contribution in [3.8, 4) is 0 Å². The summed E-state index contributed by atoms with van der Waals surface area (Å²) in [5.41, 5.74) is 1.54. The fourth-order valence-electron chi connectivity index (χ4n) is 5.75. The highest BCUT2D eigenvalue weighted by atomic mass is 28.4. The van der Waals surface area contributed by atoms with E-state index in [1.807, 2.05) is 6.07 Å². The second-order valence-corrected chi connectivity index (χ2v) is 14.7. The lowest BCUT2D eigenvalue weighted by molar-refractivity contribution is -0.108. The van der Waals surface area contributed by atoms with E-state index in [1.54, 1.807) is 14.2 Å². The van der Waals surface area contributed by atoms with Crippen molar-refractivity contribution < 1.29 is 13.9 Å². The van der Waals surface area contributed by atoms with Crippen molar-refractivity contribution in [2.75, 3.05) is 19.5 Å². The van der Waals surface area contributed by atoms with Crippen molar-refractivity contribution in [2.45, 2.75) is 56.6 Å². The van der Waals surface area contributed by atoms with Gasteiger partial charge in [-0.15, -0.1) is 0 Å². The van der Waals surface area contributed by atoms with Gasteiger partial charge in [0.25, 0.3) is 8.32 Å². The van der Waals surface area contributed by atoms with Gasteiger partial charge >= 0.3 is 0 Å². The lowest BCUT2D eigenvalue weighted by Crippen LogP contribution is -2.71. The van der Waals surface area contributed by atoms with Gasteiger partial charge in [-0.25, -0.2) is 4.98 Å². The van der Waals surface area contributed by atoms with Crippen molar-refractivity contribution in [2.24, 2.45) is 0 Å². The fourth-order valence-corrected chi connectivity index (χ4v) is 10.5. The molecule has 1 N–H and O–H groups in total. The molecule has 2 aromatic carbocycles. The van der Waals surface area contributed by atoms with Crippen LogP contribution < -0.4 is 15.7 Å². The Labute approximate surface area is 203 Å². The minimum absolute atomic E-state index is 0.0782. The Bertz CT molecular complexity index is 1100. The topological polar surface area (TPSA) is 52.6 Å². The Balaban J connectivity index is 1.66. The second-order valence-electron chi connectivity index (χ2n) is 10.4. The van der Waals surface area contributed by atoms with Gasteiger partial charge in [0.05, 0.1) is 11.3 Å². The van der Waals surface area contributed by atoms with Crippen molar-refractivity contribution in [3.63, 3.8) is 0 Å². The largest absolute Gasteiger partial charge is 0.398 e. The molecule has 6 rings (SSSR count). The summed E-state index contributed by atoms with van der Waals surface area (Å²) in [6.07, 6.45) is 1.41. The lowest BCUT2D eigenvalue weighted by atomic mass is 9.68. The number of rotatable bonds is 7. The first-order valence-corrected chi connectivity index (χ1v) is 13.9. The van der Waals surface area contributed by atoms with Crippen LogP contribution in [0.3, 0.4) is 0 Å². The molecule has 0 unspecified atom stereocenters. The number of ether oxygens (including phenoxy) is 2. The lowest BCUT2D eigenvalue weighted by Gasteiger charge is -2.58. The Hall–Kier alpha value is -2.51. The first-order chi connectivity index (χ1) is 16.3. The highest BCUT2D eigenvalue weighted by molar-refractivity contribution is 6.99. The van der Waals surface area contributed by atoms with Gasteiger partial charge in [0.1, 0.15) is 5.82 Å². The molecule has 0 atom stereocenters. The molecule has 34 heavy (non-hydrogen) atoms. The molecule has 3 heterocycles. The van der Waals surface area contributed by atoms with Gasteiger partial charge in [-0.05, 0) is 21.5 Å². The van der Waals surface area contributed by atoms with E-state index in [4.69, 9.17) is 18.9 Å². The van der Waals surface area contributed by atoms with Crippen LogP contribution in [-0.4, -0.2) is 33.6 Å². The quantitative estimate of drug-likeness (QED) is 0.396. The van der Waals surface area contributed by atoms with Crippen molar-refractivity contribution in [1.29, 1.82) is 0 Å². The van der Waals surface area contributed by atoms with Gasteiger partial charge in [-0.2, -0.15) is 0 Å². The predicted molar refractivity (Wildman–Crippen MR) is 138 cm³/mol. The van der Waals surface area contributed by atoms with Gasteiger partial charge in [0, 0.05) is 38.7 Å². The summed E-state index contributed by atoms with van der Waals surface area (Å²) >= 11 is 0. The molecule has 178 valence electrons. The summed E-state index contributed by atoms with van der Waals surface area (Å²) in [5.74, 6) is 0.886. The monoisotopic (exact) mass is 474 g/mol. The van der Waals surface area contributed by atoms with E-state index in [1.165, 1.54) is 10.4 Å². The highest BCUT2D eigenvalue weighted by Crippen LogP contribution is 2.55. The molecule has 5 nitrogen and oxygen atoms in total. The van der Waals surface area contributed by atoms with Crippen molar-refractivity contribution in [3.05, 3.63) is 84.1 Å². The average Bonchev–Trinajstić information content (AvgIpc) is 2.82. The van der Waals surface area contributed by atoms with Crippen LogP contribution in [-0.2, 0) is 19.5 Å². The van der Waals surface area contributed by atoms with E-state index in [0.29, 0.717) is 6.04 Å². The number of nitrogens with zero attached hydrogens (tertiary/aromatic N) is 1. The van der Waals surface area contributed by atoms with E-state index in [0.717, 1.165) is 29.9 Å². The second kappa shape index (κ2) is 8.61. The molecule has 3 aliphatic rings. The zero-order chi connectivity index (χ0) is 24.0. The number of pyridine rings is 1. The summed E-state index contributed by atoms with van der Waals surface area (Å²) < 4.78 is 18.5. The summed E-state index contributed by atoms with van der Waals surface area (Å²) in [5, 5.41) is 6.13. The average molecular weight is 475 g/mol. The number of hydrogen-bond donors (Lipinski definition) is 1. The van der Waals surface area contributed by atoms with Gasteiger partial charge in [0.15, 0.2) is 0 Å². The maximum Gasteiger partial charge on any atom is 0.262 e. The number of nitrogens with one attached hydrogen (secondary N) is 1. The molecule has 1 fully saturated rings. The summed E-state index contributed by atoms with van der Waals surface area (Å²) in [6, 6.07) is 26.2. The third-order valence-corrected chi connectivity index (χ3v) is 12.4. The molecular formula is C28H34N2O3Si. The van der Waals surface area contributed by atoms with Gasteiger partial charge in [-0.1, -0.05) is 87.5 Å². The molecule has 2 bridgehead atoms. The minimum Gasteiger partial charge on any atom is -0.398 e. The maximum absolute atomic E-state index is 7.64. The number of hydrogen-bond acceptors (Lipinski definition) is 5. The smallest absolute Gasteiger partial charge is 0.262 e. The molecular weight excluding hydrogens is 440 g/mol. The zero-order valence-corrected chi connectivity index (χ0v) is 21.7. The number of methoxy groups -OCH3 is 2. The van der Waals surface area contributed by atoms with E-state index in [2.05, 4.69) is 92.8 Å². The van der Waals surface area contributed by atoms with E-state index in [9.17, 15) is 0 Å². The molecule has 2 aliphatic heterocycles. The molecule has 6 heteroatoms. The molecule has 0 radical (unpaired) electrons. The molecule has 0 amide bonds. The Morgan fingerprint density at radius 2 is 1.44 bits per heavy atom. The molecule has 1 saturated carbocycles. The molecule has 0 saturated heterocycles. The van der Waals surface area contributed by atoms with Crippen LogP contribution in [0.15, 0.2) is 72.8 Å². The van der Waals surface area contributed by atoms with Crippen LogP contribution in [0.2, 0.25) is 5.04 Å². The van der Waals surface area contributed by atoms with Gasteiger partial charge in [0.2, 0.25) is 6.29 Å². The summed E-state index contributed by atoms with van der Waals surface area (Å²) in [4.78, 5) is 4.89. The van der Waals surface area contributed by atoms with Crippen LogP contribution >= 0.6 is 0 Å². The standard InChI is InChI=1S/C28H34N2O3Si/c1-27(2,3)34(21-12-8-6-9-13-21,22-14-10-7-11-15-22)33-28-18-20(19-28)29-25-23(28)16-17-24(30-25)26(31-4)32-5/h6-17,20,26H,18-19H2,1-5H3,(H,29,30). The van der Waals surface area contributed by atoms with Crippen LogP contribution in [0.1, 0.15) is 51.2 Å². The fraction of sp³-hybridized carbons (Fsp3) is 0.393. The third kappa shape index (κ3) is 3.60. The Kier molecular flexibility index (Phi) is 5.88. The minimum atomic E-state index is -2.69. The van der Waals surface area contributed by atoms with Crippen LogP contribution in [0.4, 0.5) is 5.82 Å². The van der Waals surface area contributed by atoms with Gasteiger partial charge in [-0.3, -0.25) is 0 Å². The van der Waals surface area contributed by atoms with Crippen LogP contribution in [0.25, 0.3) is 0 Å². The van der Waals surface area contributed by atoms with Crippen LogP contribution in [0, 0.1) is 0 Å². The number of anilines is 1. The van der Waals surface area contributed by atoms with E-state index in [-0.39, 0.29) is 10.6 Å². The van der Waals surface area contributed by atoms with E-state index >= 15 is 0 Å². The molecule has 0 spiro atoms. The van der Waals surface area contributed by atoms with E-state index < -0.39 is 14.6 Å². The summed E-state index contributed by atoms with van der Waals surface area (Å²) in [7, 11) is 0.572. The SMILES string of the molecule is COC(OC)c1ccc2c(n1)NC1CC2(O[Si](c2ccccc2)(c2ccccc2)C(C)(C)C)C1. The van der Waals surface area contributed by atoms with Crippen molar-refractivity contribution in [1.82, 2.24) is 4.98 Å². The molecule has 1 aromatic heterocycles. The number of benzene rings is 2. The first-order valence-electron chi connectivity index (χ1n) is 12.0. The Morgan fingerprint density at radius 3 is 1.94 bits per heavy atom. The molecule has 3 aromatic rings. The van der Waals surface area contributed by atoms with Crippen molar-refractivity contribution >= 4 is 24.5 Å². The number of aromatic nitrogens is 1. The summed E-state index contributed by atoms with van der Waals surface area (Å²) in [6.45, 7) is 6.99. The maximum atomic E-state index is 7.64.